The molecule has 0 aliphatic carbocycles. The normalized spacial score (nSPS) is 11.2. The molecular weight excluding hydrogens is 174 g/mol. The maximum Gasteiger partial charge on any atom is 0.0626 e. The van der Waals surface area contributed by atoms with Crippen LogP contribution in [0, 0.1) is 12.8 Å². The highest BCUT2D eigenvalue weighted by Gasteiger charge is 2.02. The summed E-state index contributed by atoms with van der Waals surface area (Å²) in [5.41, 5.74) is 2.50. The molecule has 0 amide bonds. The van der Waals surface area contributed by atoms with Crippen LogP contribution in [-0.2, 0) is 13.5 Å². The van der Waals surface area contributed by atoms with E-state index >= 15 is 0 Å². The SMILES string of the molecule is Cc1nn(C)cc1CCNCC(C)C. The van der Waals surface area contributed by atoms with Gasteiger partial charge in [-0.1, -0.05) is 13.8 Å². The van der Waals surface area contributed by atoms with Gasteiger partial charge in [-0.2, -0.15) is 5.10 Å². The van der Waals surface area contributed by atoms with E-state index in [1.807, 2.05) is 11.7 Å². The van der Waals surface area contributed by atoms with Crippen molar-refractivity contribution in [1.29, 1.82) is 0 Å². The van der Waals surface area contributed by atoms with Crippen LogP contribution in [0.5, 0.6) is 0 Å². The highest BCUT2D eigenvalue weighted by atomic mass is 15.2. The Hall–Kier alpha value is -0.830. The van der Waals surface area contributed by atoms with E-state index in [4.69, 9.17) is 0 Å². The average Bonchev–Trinajstić information content (AvgIpc) is 2.39. The maximum atomic E-state index is 4.31. The van der Waals surface area contributed by atoms with Gasteiger partial charge in [0, 0.05) is 13.2 Å². The summed E-state index contributed by atoms with van der Waals surface area (Å²) in [6.45, 7) is 8.66. The van der Waals surface area contributed by atoms with Gasteiger partial charge in [-0.05, 0) is 37.9 Å². The third-order valence-corrected chi connectivity index (χ3v) is 2.24. The number of nitrogens with zero attached hydrogens (tertiary/aromatic N) is 2. The summed E-state index contributed by atoms with van der Waals surface area (Å²) in [6, 6.07) is 0. The van der Waals surface area contributed by atoms with E-state index in [9.17, 15) is 0 Å². The summed E-state index contributed by atoms with van der Waals surface area (Å²) in [7, 11) is 1.97. The van der Waals surface area contributed by atoms with Gasteiger partial charge in [0.1, 0.15) is 0 Å². The quantitative estimate of drug-likeness (QED) is 0.722. The first-order valence-corrected chi connectivity index (χ1v) is 5.29. The summed E-state index contributed by atoms with van der Waals surface area (Å²) < 4.78 is 1.88. The Labute approximate surface area is 86.5 Å². The monoisotopic (exact) mass is 195 g/mol. The van der Waals surface area contributed by atoms with Crippen LogP contribution in [0.4, 0.5) is 0 Å². The third-order valence-electron chi connectivity index (χ3n) is 2.24. The van der Waals surface area contributed by atoms with Crippen molar-refractivity contribution in [2.45, 2.75) is 27.2 Å². The van der Waals surface area contributed by atoms with E-state index in [1.165, 1.54) is 5.56 Å². The molecule has 3 nitrogen and oxygen atoms in total. The van der Waals surface area contributed by atoms with Crippen molar-refractivity contribution in [3.05, 3.63) is 17.5 Å². The van der Waals surface area contributed by atoms with Crippen molar-refractivity contribution in [2.24, 2.45) is 13.0 Å². The molecule has 0 bridgehead atoms. The summed E-state index contributed by atoms with van der Waals surface area (Å²) >= 11 is 0. The van der Waals surface area contributed by atoms with Crippen molar-refractivity contribution < 1.29 is 0 Å². The fourth-order valence-corrected chi connectivity index (χ4v) is 1.51. The van der Waals surface area contributed by atoms with Crippen molar-refractivity contribution >= 4 is 0 Å². The second kappa shape index (κ2) is 5.15. The second-order valence-corrected chi connectivity index (χ2v) is 4.26. The number of hydrogen-bond acceptors (Lipinski definition) is 2. The van der Waals surface area contributed by atoms with E-state index < -0.39 is 0 Å². The van der Waals surface area contributed by atoms with Gasteiger partial charge in [0.05, 0.1) is 5.69 Å². The van der Waals surface area contributed by atoms with Crippen molar-refractivity contribution in [3.8, 4) is 0 Å². The Kier molecular flexibility index (Phi) is 4.14. The average molecular weight is 195 g/mol. The summed E-state index contributed by atoms with van der Waals surface area (Å²) in [6.07, 6.45) is 3.18. The molecule has 14 heavy (non-hydrogen) atoms. The second-order valence-electron chi connectivity index (χ2n) is 4.26. The first kappa shape index (κ1) is 11.2. The zero-order valence-electron chi connectivity index (χ0n) is 9.67. The number of aryl methyl sites for hydroxylation is 2. The highest BCUT2D eigenvalue weighted by Crippen LogP contribution is 2.04. The molecule has 0 aliphatic rings. The Morgan fingerprint density at radius 2 is 2.21 bits per heavy atom. The Bertz CT molecular complexity index is 276. The molecule has 0 saturated carbocycles. The maximum absolute atomic E-state index is 4.31. The van der Waals surface area contributed by atoms with Gasteiger partial charge in [0.25, 0.3) is 0 Å². The molecule has 1 heterocycles. The van der Waals surface area contributed by atoms with Crippen molar-refractivity contribution in [3.63, 3.8) is 0 Å². The molecular formula is C11H21N3. The number of nitrogens with one attached hydrogen (secondary N) is 1. The number of hydrogen-bond donors (Lipinski definition) is 1. The number of rotatable bonds is 5. The molecule has 0 aromatic carbocycles. The molecule has 1 aromatic rings. The third kappa shape index (κ3) is 3.50. The minimum absolute atomic E-state index is 0.727. The standard InChI is InChI=1S/C11H21N3/c1-9(2)7-12-6-5-11-8-14(4)13-10(11)3/h8-9,12H,5-7H2,1-4H3. The van der Waals surface area contributed by atoms with Gasteiger partial charge in [-0.15, -0.1) is 0 Å². The molecule has 1 rings (SSSR count). The molecule has 0 aliphatic heterocycles. The minimum Gasteiger partial charge on any atom is -0.316 e. The Morgan fingerprint density at radius 1 is 1.50 bits per heavy atom. The van der Waals surface area contributed by atoms with Crippen LogP contribution in [0.1, 0.15) is 25.1 Å². The molecule has 80 valence electrons. The lowest BCUT2D eigenvalue weighted by Crippen LogP contribution is -2.22. The minimum atomic E-state index is 0.727. The van der Waals surface area contributed by atoms with Crippen molar-refractivity contribution in [1.82, 2.24) is 15.1 Å². The zero-order chi connectivity index (χ0) is 10.6. The Morgan fingerprint density at radius 3 is 2.71 bits per heavy atom. The topological polar surface area (TPSA) is 29.9 Å². The van der Waals surface area contributed by atoms with Crippen LogP contribution in [0.25, 0.3) is 0 Å². The van der Waals surface area contributed by atoms with Gasteiger partial charge in [-0.3, -0.25) is 4.68 Å². The van der Waals surface area contributed by atoms with E-state index in [2.05, 4.69) is 37.4 Å². The van der Waals surface area contributed by atoms with Gasteiger partial charge in [0.15, 0.2) is 0 Å². The predicted molar refractivity (Wildman–Crippen MR) is 59.4 cm³/mol. The van der Waals surface area contributed by atoms with E-state index in [-0.39, 0.29) is 0 Å². The van der Waals surface area contributed by atoms with Gasteiger partial charge < -0.3 is 5.32 Å². The van der Waals surface area contributed by atoms with Crippen LogP contribution in [0.2, 0.25) is 0 Å². The zero-order valence-corrected chi connectivity index (χ0v) is 9.67. The van der Waals surface area contributed by atoms with Crippen LogP contribution in [0.3, 0.4) is 0 Å². The molecule has 1 N–H and O–H groups in total. The van der Waals surface area contributed by atoms with Gasteiger partial charge in [0.2, 0.25) is 0 Å². The van der Waals surface area contributed by atoms with E-state index in [0.717, 1.165) is 31.1 Å². The lowest BCUT2D eigenvalue weighted by Gasteiger charge is -2.06. The molecule has 3 heteroatoms. The summed E-state index contributed by atoms with van der Waals surface area (Å²) in [4.78, 5) is 0. The molecule has 0 fully saturated rings. The Balaban J connectivity index is 2.28. The van der Waals surface area contributed by atoms with E-state index in [0.29, 0.717) is 0 Å². The van der Waals surface area contributed by atoms with Crippen LogP contribution < -0.4 is 5.32 Å². The highest BCUT2D eigenvalue weighted by molar-refractivity contribution is 5.15. The predicted octanol–water partition coefficient (Wildman–Crippen LogP) is 1.52. The van der Waals surface area contributed by atoms with Crippen LogP contribution >= 0.6 is 0 Å². The largest absolute Gasteiger partial charge is 0.316 e. The van der Waals surface area contributed by atoms with Gasteiger partial charge >= 0.3 is 0 Å². The number of aromatic nitrogens is 2. The van der Waals surface area contributed by atoms with Crippen molar-refractivity contribution in [2.75, 3.05) is 13.1 Å². The first-order chi connectivity index (χ1) is 6.59. The summed E-state index contributed by atoms with van der Waals surface area (Å²) in [5.74, 6) is 0.727. The fraction of sp³-hybridized carbons (Fsp3) is 0.727. The molecule has 0 atom stereocenters. The smallest absolute Gasteiger partial charge is 0.0626 e. The van der Waals surface area contributed by atoms with Gasteiger partial charge in [-0.25, -0.2) is 0 Å². The van der Waals surface area contributed by atoms with E-state index in [1.54, 1.807) is 0 Å². The molecule has 0 saturated heterocycles. The molecule has 0 unspecified atom stereocenters. The molecule has 1 aromatic heterocycles. The molecule has 0 spiro atoms. The van der Waals surface area contributed by atoms with Crippen LogP contribution in [0.15, 0.2) is 6.20 Å². The lowest BCUT2D eigenvalue weighted by molar-refractivity contribution is 0.554. The fourth-order valence-electron chi connectivity index (χ4n) is 1.51. The lowest BCUT2D eigenvalue weighted by atomic mass is 10.2. The summed E-state index contributed by atoms with van der Waals surface area (Å²) in [5, 5.41) is 7.75. The van der Waals surface area contributed by atoms with Crippen LogP contribution in [-0.4, -0.2) is 22.9 Å². The molecule has 0 radical (unpaired) electrons. The first-order valence-electron chi connectivity index (χ1n) is 5.29.